The number of hydrogen-bond donors (Lipinski definition) is 0. The Balaban J connectivity index is 0.000000186. The van der Waals surface area contributed by atoms with Crippen molar-refractivity contribution in [1.29, 1.82) is 0 Å². The zero-order valence-corrected chi connectivity index (χ0v) is 11.6. The molecule has 0 N–H and O–H groups in total. The second kappa shape index (κ2) is 7.63. The minimum atomic E-state index is 0.869. The average Bonchev–Trinajstić information content (AvgIpc) is 2.93. The van der Waals surface area contributed by atoms with E-state index in [1.54, 1.807) is 0 Å². The van der Waals surface area contributed by atoms with E-state index < -0.39 is 0 Å². The van der Waals surface area contributed by atoms with Gasteiger partial charge in [0.1, 0.15) is 11.5 Å². The zero-order valence-electron chi connectivity index (χ0n) is 10.5. The molecule has 3 rings (SSSR count). The van der Waals surface area contributed by atoms with Crippen molar-refractivity contribution in [2.24, 2.45) is 0 Å². The van der Waals surface area contributed by atoms with E-state index in [4.69, 9.17) is 4.74 Å². The van der Waals surface area contributed by atoms with E-state index in [1.807, 2.05) is 72.8 Å². The standard InChI is InChI=1S/C12H10O.C5H5.Fe/c1-3-7-11(8-4-1)13-12-9-5-2-6-10-12;1-2-4-5-3-1;/h1-10H;1-3H,4H2;. The maximum absolute atomic E-state index is 5.58. The molecule has 0 aromatic heterocycles. The second-order valence-corrected chi connectivity index (χ2v) is 4.67. The van der Waals surface area contributed by atoms with Crippen molar-refractivity contribution in [3.8, 4) is 11.5 Å². The Hall–Kier alpha value is -1.76. The van der Waals surface area contributed by atoms with Crippen LogP contribution in [0.15, 0.2) is 83.4 Å². The number of hydrogen-bond acceptors (Lipinski definition) is 1. The fourth-order valence-electron chi connectivity index (χ4n) is 1.53. The van der Waals surface area contributed by atoms with Gasteiger partial charge < -0.3 is 4.74 Å². The van der Waals surface area contributed by atoms with Gasteiger partial charge in [-0.1, -0.05) is 36.4 Å². The molecular weight excluding hydrogens is 276 g/mol. The minimum absolute atomic E-state index is 0.869. The Morgan fingerprint density at radius 1 is 0.789 bits per heavy atom. The molecule has 0 fully saturated rings. The predicted molar refractivity (Wildman–Crippen MR) is 74.8 cm³/mol. The number of benzene rings is 2. The van der Waals surface area contributed by atoms with Gasteiger partial charge in [-0.15, -0.1) is 0 Å². The predicted octanol–water partition coefficient (Wildman–Crippen LogP) is 4.86. The molecule has 0 spiro atoms. The van der Waals surface area contributed by atoms with Crippen LogP contribution < -0.4 is 4.74 Å². The van der Waals surface area contributed by atoms with Crippen molar-refractivity contribution in [3.05, 3.63) is 83.4 Å². The van der Waals surface area contributed by atoms with Gasteiger partial charge in [0.25, 0.3) is 0 Å². The first-order valence-electron chi connectivity index (χ1n) is 6.12. The molecule has 1 aliphatic rings. The Labute approximate surface area is 122 Å². The molecule has 0 aliphatic heterocycles. The van der Waals surface area contributed by atoms with Gasteiger partial charge in [-0.2, -0.15) is 0 Å². The minimum Gasteiger partial charge on any atom is -0.457 e. The first kappa shape index (κ1) is 13.7. The third-order valence-electron chi connectivity index (χ3n) is 2.44. The zero-order chi connectivity index (χ0) is 13.3. The summed E-state index contributed by atoms with van der Waals surface area (Å²) < 4.78 is 6.80. The number of allylic oxidation sites excluding steroid dienone is 4. The molecule has 0 radical (unpaired) electrons. The number of rotatable bonds is 2. The molecule has 2 aromatic carbocycles. The van der Waals surface area contributed by atoms with E-state index in [2.05, 4.69) is 22.1 Å². The summed E-state index contributed by atoms with van der Waals surface area (Å²) in [7, 11) is 0. The van der Waals surface area contributed by atoms with Gasteiger partial charge in [0.05, 0.1) is 0 Å². The van der Waals surface area contributed by atoms with Crippen LogP contribution in [0.3, 0.4) is 0 Å². The molecule has 0 amide bonds. The fourth-order valence-corrected chi connectivity index (χ4v) is 1.77. The van der Waals surface area contributed by atoms with Crippen molar-refractivity contribution in [3.63, 3.8) is 0 Å². The summed E-state index contributed by atoms with van der Waals surface area (Å²) in [6, 6.07) is 19.5. The van der Waals surface area contributed by atoms with Gasteiger partial charge in [0.2, 0.25) is 0 Å². The molecule has 0 unspecified atom stereocenters. The van der Waals surface area contributed by atoms with Crippen LogP contribution in [0.25, 0.3) is 0 Å². The Morgan fingerprint density at radius 2 is 1.32 bits per heavy atom. The van der Waals surface area contributed by atoms with Gasteiger partial charge in [-0.3, -0.25) is 0 Å². The van der Waals surface area contributed by atoms with Crippen LogP contribution in [-0.2, 0) is 16.0 Å². The molecule has 1 nitrogen and oxygen atoms in total. The number of para-hydroxylation sites is 2. The molecule has 2 aromatic rings. The summed E-state index contributed by atoms with van der Waals surface area (Å²) in [6.45, 7) is 0. The molecule has 0 bridgehead atoms. The smallest absolute Gasteiger partial charge is 0.127 e. The fraction of sp³-hybridized carbons (Fsp3) is 0.0588. The summed E-state index contributed by atoms with van der Waals surface area (Å²) in [5, 5.41) is 0. The molecule has 0 heterocycles. The Bertz CT molecular complexity index is 506. The largest absolute Gasteiger partial charge is 0.457 e. The molecule has 0 saturated carbocycles. The van der Waals surface area contributed by atoms with E-state index in [0.29, 0.717) is 0 Å². The first-order chi connectivity index (χ1) is 9.34. The summed E-state index contributed by atoms with van der Waals surface area (Å²) in [5.41, 5.74) is 0. The van der Waals surface area contributed by atoms with Gasteiger partial charge in [0, 0.05) is 0 Å². The quantitative estimate of drug-likeness (QED) is 0.718. The van der Waals surface area contributed by atoms with Crippen LogP contribution >= 0.6 is 0 Å². The Morgan fingerprint density at radius 3 is 1.63 bits per heavy atom. The van der Waals surface area contributed by atoms with Crippen molar-refractivity contribution < 1.29 is 20.7 Å². The van der Waals surface area contributed by atoms with E-state index in [-0.39, 0.29) is 0 Å². The van der Waals surface area contributed by atoms with E-state index in [9.17, 15) is 0 Å². The monoisotopic (exact) mass is 291 g/mol. The van der Waals surface area contributed by atoms with Crippen LogP contribution in [0.2, 0.25) is 0 Å². The van der Waals surface area contributed by atoms with Crippen molar-refractivity contribution in [2.75, 3.05) is 0 Å². The van der Waals surface area contributed by atoms with Crippen molar-refractivity contribution in [2.45, 2.75) is 6.42 Å². The van der Waals surface area contributed by atoms with Crippen LogP contribution in [0.1, 0.15) is 6.42 Å². The summed E-state index contributed by atoms with van der Waals surface area (Å²) >= 11 is 3.74. The average molecular weight is 291 g/mol. The maximum Gasteiger partial charge on any atom is 0.127 e. The van der Waals surface area contributed by atoms with Gasteiger partial charge in [-0.25, -0.2) is 0 Å². The van der Waals surface area contributed by atoms with Crippen LogP contribution in [0.4, 0.5) is 0 Å². The SMILES string of the molecule is [Fe][C]1=CC=CC1.c1ccc(Oc2ccccc2)cc1. The van der Waals surface area contributed by atoms with E-state index in [0.717, 1.165) is 17.9 Å². The topological polar surface area (TPSA) is 9.23 Å². The molecule has 2 heteroatoms. The Kier molecular flexibility index (Phi) is 5.48. The molecule has 0 atom stereocenters. The van der Waals surface area contributed by atoms with Crippen LogP contribution in [-0.4, -0.2) is 0 Å². The molecule has 1 aliphatic carbocycles. The molecule has 19 heavy (non-hydrogen) atoms. The molecule has 97 valence electrons. The van der Waals surface area contributed by atoms with Gasteiger partial charge in [-0.05, 0) is 24.3 Å². The summed E-state index contributed by atoms with van der Waals surface area (Å²) in [5.74, 6) is 1.74. The van der Waals surface area contributed by atoms with Crippen molar-refractivity contribution >= 4 is 0 Å². The van der Waals surface area contributed by atoms with Crippen molar-refractivity contribution in [1.82, 2.24) is 0 Å². The van der Waals surface area contributed by atoms with Gasteiger partial charge >= 0.3 is 45.1 Å². The summed E-state index contributed by atoms with van der Waals surface area (Å²) in [6.07, 6.45) is 7.21. The third kappa shape index (κ3) is 5.17. The second-order valence-electron chi connectivity index (χ2n) is 3.96. The maximum atomic E-state index is 5.58. The van der Waals surface area contributed by atoms with Gasteiger partial charge in [0.15, 0.2) is 0 Å². The van der Waals surface area contributed by atoms with E-state index in [1.165, 1.54) is 4.47 Å². The van der Waals surface area contributed by atoms with Crippen LogP contribution in [0, 0.1) is 0 Å². The van der Waals surface area contributed by atoms with Crippen LogP contribution in [0.5, 0.6) is 11.5 Å². The number of ether oxygens (including phenoxy) is 1. The summed E-state index contributed by atoms with van der Waals surface area (Å²) in [4.78, 5) is 0. The third-order valence-corrected chi connectivity index (χ3v) is 2.85. The molecular formula is C17H15FeO. The normalized spacial score (nSPS) is 12.4. The first-order valence-corrected chi connectivity index (χ1v) is 6.68. The van der Waals surface area contributed by atoms with E-state index >= 15 is 0 Å². The molecule has 0 saturated heterocycles.